The minimum Gasteiger partial charge on any atom is -0.369 e. The zero-order chi connectivity index (χ0) is 29.4. The Morgan fingerprint density at radius 1 is 1.00 bits per heavy atom. The molecule has 1 unspecified atom stereocenters. The van der Waals surface area contributed by atoms with Crippen molar-refractivity contribution in [1.82, 2.24) is 10.2 Å². The summed E-state index contributed by atoms with van der Waals surface area (Å²) in [5.41, 5.74) is 7.29. The molecule has 0 radical (unpaired) electrons. The SMILES string of the molecule is CCC[C@H](C(N)=O)[C@H](CC(C)C)C(=O)NC1CCCCN(Cc2ccc(-c3ccc(C(F)(F)F)cc3)cc2)C1=O. The maximum atomic E-state index is 13.5. The summed E-state index contributed by atoms with van der Waals surface area (Å²) in [4.78, 5) is 40.8. The van der Waals surface area contributed by atoms with Crippen LogP contribution in [0.3, 0.4) is 0 Å². The Morgan fingerprint density at radius 3 is 2.12 bits per heavy atom. The highest BCUT2D eigenvalue weighted by molar-refractivity contribution is 5.91. The number of halogens is 3. The van der Waals surface area contributed by atoms with Crippen LogP contribution in [0.15, 0.2) is 48.5 Å². The first-order valence-electron chi connectivity index (χ1n) is 14.1. The van der Waals surface area contributed by atoms with Crippen molar-refractivity contribution in [3.8, 4) is 11.1 Å². The molecule has 1 fully saturated rings. The van der Waals surface area contributed by atoms with Gasteiger partial charge < -0.3 is 16.0 Å². The number of carbonyl (C=O) groups excluding carboxylic acids is 3. The lowest BCUT2D eigenvalue weighted by Gasteiger charge is -2.29. The number of nitrogens with two attached hydrogens (primary N) is 1. The van der Waals surface area contributed by atoms with Gasteiger partial charge in [0.25, 0.3) is 0 Å². The quantitative estimate of drug-likeness (QED) is 0.357. The number of carbonyl (C=O) groups is 3. The molecule has 9 heteroatoms. The third-order valence-corrected chi connectivity index (χ3v) is 7.48. The summed E-state index contributed by atoms with van der Waals surface area (Å²) >= 11 is 0. The number of benzene rings is 2. The molecule has 218 valence electrons. The van der Waals surface area contributed by atoms with Crippen molar-refractivity contribution in [2.75, 3.05) is 6.54 Å². The number of hydrogen-bond acceptors (Lipinski definition) is 3. The van der Waals surface area contributed by atoms with Gasteiger partial charge in [-0.2, -0.15) is 13.2 Å². The second-order valence-corrected chi connectivity index (χ2v) is 11.1. The Hall–Kier alpha value is -3.36. The van der Waals surface area contributed by atoms with Crippen LogP contribution in [0.1, 0.15) is 70.4 Å². The van der Waals surface area contributed by atoms with E-state index < -0.39 is 35.5 Å². The smallest absolute Gasteiger partial charge is 0.369 e. The van der Waals surface area contributed by atoms with Crippen LogP contribution in [-0.4, -0.2) is 35.2 Å². The van der Waals surface area contributed by atoms with E-state index in [0.717, 1.165) is 42.5 Å². The molecule has 3 amide bonds. The molecule has 6 nitrogen and oxygen atoms in total. The highest BCUT2D eigenvalue weighted by atomic mass is 19.4. The van der Waals surface area contributed by atoms with Crippen molar-refractivity contribution >= 4 is 17.7 Å². The van der Waals surface area contributed by atoms with Crippen LogP contribution in [0, 0.1) is 17.8 Å². The molecular formula is C31H40F3N3O3. The Labute approximate surface area is 234 Å². The number of primary amides is 1. The first-order valence-corrected chi connectivity index (χ1v) is 14.1. The summed E-state index contributed by atoms with van der Waals surface area (Å²) < 4.78 is 38.6. The second-order valence-electron chi connectivity index (χ2n) is 11.1. The fraction of sp³-hybridized carbons (Fsp3) is 0.516. The van der Waals surface area contributed by atoms with Crippen molar-refractivity contribution in [3.63, 3.8) is 0 Å². The molecule has 0 bridgehead atoms. The van der Waals surface area contributed by atoms with E-state index in [0.29, 0.717) is 37.9 Å². The molecule has 0 aliphatic carbocycles. The number of alkyl halides is 3. The minimum absolute atomic E-state index is 0.160. The van der Waals surface area contributed by atoms with Gasteiger partial charge in [0.1, 0.15) is 6.04 Å². The molecule has 0 saturated carbocycles. The predicted octanol–water partition coefficient (Wildman–Crippen LogP) is 5.93. The molecule has 40 heavy (non-hydrogen) atoms. The number of nitrogens with zero attached hydrogens (tertiary/aromatic N) is 1. The van der Waals surface area contributed by atoms with Crippen LogP contribution >= 0.6 is 0 Å². The molecule has 1 heterocycles. The fourth-order valence-corrected chi connectivity index (χ4v) is 5.36. The lowest BCUT2D eigenvalue weighted by atomic mass is 9.81. The average Bonchev–Trinajstić information content (AvgIpc) is 3.06. The third kappa shape index (κ3) is 8.32. The van der Waals surface area contributed by atoms with Crippen LogP contribution in [-0.2, 0) is 27.1 Å². The van der Waals surface area contributed by atoms with Gasteiger partial charge in [0, 0.05) is 24.9 Å². The molecule has 0 spiro atoms. The highest BCUT2D eigenvalue weighted by Crippen LogP contribution is 2.31. The molecular weight excluding hydrogens is 519 g/mol. The van der Waals surface area contributed by atoms with E-state index in [4.69, 9.17) is 5.73 Å². The molecule has 1 aliphatic heterocycles. The Balaban J connectivity index is 1.70. The van der Waals surface area contributed by atoms with Crippen molar-refractivity contribution in [2.24, 2.45) is 23.5 Å². The van der Waals surface area contributed by atoms with Crippen molar-refractivity contribution in [2.45, 2.75) is 78.1 Å². The summed E-state index contributed by atoms with van der Waals surface area (Å²) in [7, 11) is 0. The van der Waals surface area contributed by atoms with Gasteiger partial charge in [-0.3, -0.25) is 14.4 Å². The van der Waals surface area contributed by atoms with Crippen LogP contribution in [0.25, 0.3) is 11.1 Å². The van der Waals surface area contributed by atoms with Gasteiger partial charge in [-0.1, -0.05) is 63.6 Å². The van der Waals surface area contributed by atoms with E-state index in [1.54, 1.807) is 4.90 Å². The zero-order valence-corrected chi connectivity index (χ0v) is 23.5. The lowest BCUT2D eigenvalue weighted by Crippen LogP contribution is -2.50. The van der Waals surface area contributed by atoms with E-state index in [9.17, 15) is 27.6 Å². The Morgan fingerprint density at radius 2 is 1.60 bits per heavy atom. The predicted molar refractivity (Wildman–Crippen MR) is 149 cm³/mol. The minimum atomic E-state index is -4.38. The normalized spacial score (nSPS) is 17.8. The van der Waals surface area contributed by atoms with E-state index in [1.165, 1.54) is 12.1 Å². The molecule has 1 aliphatic rings. The summed E-state index contributed by atoms with van der Waals surface area (Å²) in [5.74, 6) is -1.93. The molecule has 1 saturated heterocycles. The second kappa shape index (κ2) is 13.8. The number of amides is 3. The largest absolute Gasteiger partial charge is 0.416 e. The number of nitrogens with one attached hydrogen (secondary N) is 1. The van der Waals surface area contributed by atoms with Gasteiger partial charge in [-0.05, 0) is 66.8 Å². The molecule has 3 rings (SSSR count). The molecule has 0 aromatic heterocycles. The van der Waals surface area contributed by atoms with Gasteiger partial charge in [0.15, 0.2) is 0 Å². The maximum Gasteiger partial charge on any atom is 0.416 e. The summed E-state index contributed by atoms with van der Waals surface area (Å²) in [6.45, 7) is 6.84. The van der Waals surface area contributed by atoms with Crippen molar-refractivity contribution in [3.05, 3.63) is 59.7 Å². The third-order valence-electron chi connectivity index (χ3n) is 7.48. The standard InChI is InChI=1S/C31H40F3N3O3/c1-4-7-25(28(35)38)26(18-20(2)3)29(39)36-27-8-5-6-17-37(30(27)40)19-21-9-11-22(12-10-21)23-13-15-24(16-14-23)31(32,33)34/h9-16,20,25-27H,4-8,17-19H2,1-3H3,(H2,35,38)(H,36,39)/t25-,26-,27?/m0/s1. The van der Waals surface area contributed by atoms with Crippen LogP contribution < -0.4 is 11.1 Å². The maximum absolute atomic E-state index is 13.5. The van der Waals surface area contributed by atoms with Gasteiger partial charge in [-0.25, -0.2) is 0 Å². The van der Waals surface area contributed by atoms with Gasteiger partial charge >= 0.3 is 6.18 Å². The van der Waals surface area contributed by atoms with Gasteiger partial charge in [-0.15, -0.1) is 0 Å². The van der Waals surface area contributed by atoms with Gasteiger partial charge in [0.2, 0.25) is 17.7 Å². The Kier molecular flexibility index (Phi) is 10.8. The summed E-state index contributed by atoms with van der Waals surface area (Å²) in [5, 5.41) is 2.95. The number of hydrogen-bond donors (Lipinski definition) is 2. The molecule has 3 atom stereocenters. The molecule has 3 N–H and O–H groups in total. The van der Waals surface area contributed by atoms with E-state index in [-0.39, 0.29) is 17.7 Å². The summed E-state index contributed by atoms with van der Waals surface area (Å²) in [6.07, 6.45) is -0.517. The van der Waals surface area contributed by atoms with E-state index >= 15 is 0 Å². The highest BCUT2D eigenvalue weighted by Gasteiger charge is 2.36. The van der Waals surface area contributed by atoms with Crippen LogP contribution in [0.5, 0.6) is 0 Å². The molecule has 2 aromatic carbocycles. The first-order chi connectivity index (χ1) is 18.9. The number of likely N-dealkylation sites (tertiary alicyclic amines) is 1. The zero-order valence-electron chi connectivity index (χ0n) is 23.5. The first kappa shape index (κ1) is 31.2. The number of rotatable bonds is 11. The molecule has 2 aromatic rings. The average molecular weight is 560 g/mol. The van der Waals surface area contributed by atoms with E-state index in [2.05, 4.69) is 5.32 Å². The summed E-state index contributed by atoms with van der Waals surface area (Å²) in [6, 6.07) is 11.7. The van der Waals surface area contributed by atoms with Crippen molar-refractivity contribution < 1.29 is 27.6 Å². The Bertz CT molecular complexity index is 1150. The lowest BCUT2D eigenvalue weighted by molar-refractivity contribution is -0.139. The van der Waals surface area contributed by atoms with Crippen LogP contribution in [0.4, 0.5) is 13.2 Å². The topological polar surface area (TPSA) is 92.5 Å². The monoisotopic (exact) mass is 559 g/mol. The van der Waals surface area contributed by atoms with Gasteiger partial charge in [0.05, 0.1) is 5.56 Å². The van der Waals surface area contributed by atoms with Crippen LogP contribution in [0.2, 0.25) is 0 Å². The van der Waals surface area contributed by atoms with Crippen molar-refractivity contribution in [1.29, 1.82) is 0 Å². The fourth-order valence-electron chi connectivity index (χ4n) is 5.36. The van der Waals surface area contributed by atoms with E-state index in [1.807, 2.05) is 45.0 Å².